The van der Waals surface area contributed by atoms with Crippen LogP contribution in [0.4, 0.5) is 0 Å². The molecule has 8 heteroatoms. The predicted octanol–water partition coefficient (Wildman–Crippen LogP) is 1.99. The van der Waals surface area contributed by atoms with Crippen LogP contribution in [0.15, 0.2) is 59.5 Å². The highest BCUT2D eigenvalue weighted by Gasteiger charge is 2.28. The molecule has 1 N–H and O–H groups in total. The average molecular weight is 416 g/mol. The molecular formula is C21H24N2O5S. The summed E-state index contributed by atoms with van der Waals surface area (Å²) in [5.41, 5.74) is 1.04. The molecule has 1 aliphatic rings. The molecule has 0 bridgehead atoms. The summed E-state index contributed by atoms with van der Waals surface area (Å²) in [6.45, 7) is 0.973. The number of amides is 1. The second kappa shape index (κ2) is 9.19. The van der Waals surface area contributed by atoms with E-state index in [-0.39, 0.29) is 16.9 Å². The van der Waals surface area contributed by atoms with Gasteiger partial charge in [0.05, 0.1) is 12.0 Å². The first-order valence-corrected chi connectivity index (χ1v) is 10.9. The van der Waals surface area contributed by atoms with Crippen LogP contribution >= 0.6 is 0 Å². The van der Waals surface area contributed by atoms with E-state index < -0.39 is 27.9 Å². The molecule has 1 amide bonds. The van der Waals surface area contributed by atoms with Crippen molar-refractivity contribution in [3.8, 4) is 0 Å². The largest absolute Gasteiger partial charge is 0.467 e. The Morgan fingerprint density at radius 1 is 1.07 bits per heavy atom. The van der Waals surface area contributed by atoms with Crippen LogP contribution < -0.4 is 5.32 Å². The quantitative estimate of drug-likeness (QED) is 0.697. The lowest BCUT2D eigenvalue weighted by Gasteiger charge is -2.18. The lowest BCUT2D eigenvalue weighted by atomic mass is 10.1. The predicted molar refractivity (Wildman–Crippen MR) is 108 cm³/mol. The molecule has 0 aliphatic carbocycles. The maximum absolute atomic E-state index is 12.7. The first-order valence-electron chi connectivity index (χ1n) is 9.44. The Morgan fingerprint density at radius 3 is 2.41 bits per heavy atom. The standard InChI is InChI=1S/C21H24N2O5S/c1-28-21(25)19(14-16-8-3-2-4-9-16)22-20(24)17-10-7-11-18(15-17)29(26,27)23-12-5-6-13-23/h2-4,7-11,15,19H,5-6,12-14H2,1H3,(H,22,24)/t19-/m0/s1. The molecule has 3 rings (SSSR count). The van der Waals surface area contributed by atoms with Gasteiger partial charge in [-0.15, -0.1) is 0 Å². The summed E-state index contributed by atoms with van der Waals surface area (Å²) in [5, 5.41) is 2.66. The van der Waals surface area contributed by atoms with E-state index in [1.54, 1.807) is 0 Å². The van der Waals surface area contributed by atoms with Gasteiger partial charge >= 0.3 is 5.97 Å². The van der Waals surface area contributed by atoms with Crippen LogP contribution in [0.3, 0.4) is 0 Å². The minimum absolute atomic E-state index is 0.0738. The smallest absolute Gasteiger partial charge is 0.328 e. The molecule has 1 heterocycles. The number of carbonyl (C=O) groups is 2. The zero-order chi connectivity index (χ0) is 20.9. The third-order valence-electron chi connectivity index (χ3n) is 4.87. The number of rotatable bonds is 7. The first-order chi connectivity index (χ1) is 13.9. The summed E-state index contributed by atoms with van der Waals surface area (Å²) in [5.74, 6) is -1.10. The van der Waals surface area contributed by atoms with Gasteiger partial charge in [0.2, 0.25) is 10.0 Å². The maximum Gasteiger partial charge on any atom is 0.328 e. The zero-order valence-corrected chi connectivity index (χ0v) is 17.0. The summed E-state index contributed by atoms with van der Waals surface area (Å²) in [7, 11) is -2.37. The monoisotopic (exact) mass is 416 g/mol. The molecule has 1 fully saturated rings. The number of methoxy groups -OCH3 is 1. The molecule has 2 aromatic carbocycles. The fraction of sp³-hybridized carbons (Fsp3) is 0.333. The van der Waals surface area contributed by atoms with E-state index in [1.165, 1.54) is 35.7 Å². The van der Waals surface area contributed by atoms with Crippen molar-refractivity contribution in [1.82, 2.24) is 9.62 Å². The third kappa shape index (κ3) is 5.02. The SMILES string of the molecule is COC(=O)[C@H](Cc1ccccc1)NC(=O)c1cccc(S(=O)(=O)N2CCCC2)c1. The fourth-order valence-corrected chi connectivity index (χ4v) is 4.87. The highest BCUT2D eigenvalue weighted by molar-refractivity contribution is 7.89. The highest BCUT2D eigenvalue weighted by Crippen LogP contribution is 2.21. The Kier molecular flexibility index (Phi) is 6.66. The van der Waals surface area contributed by atoms with Crippen molar-refractivity contribution in [3.05, 3.63) is 65.7 Å². The Labute approximate surface area is 170 Å². The fourth-order valence-electron chi connectivity index (χ4n) is 3.30. The molecule has 0 unspecified atom stereocenters. The molecule has 0 spiro atoms. The zero-order valence-electron chi connectivity index (χ0n) is 16.2. The number of nitrogens with one attached hydrogen (secondary N) is 1. The second-order valence-electron chi connectivity index (χ2n) is 6.88. The summed E-state index contributed by atoms with van der Waals surface area (Å²) < 4.78 is 31.7. The molecule has 1 aliphatic heterocycles. The van der Waals surface area contributed by atoms with E-state index in [0.29, 0.717) is 13.1 Å². The van der Waals surface area contributed by atoms with Crippen LogP contribution in [-0.4, -0.2) is 50.8 Å². The van der Waals surface area contributed by atoms with E-state index in [0.717, 1.165) is 18.4 Å². The van der Waals surface area contributed by atoms with Crippen LogP contribution in [0, 0.1) is 0 Å². The van der Waals surface area contributed by atoms with Crippen molar-refractivity contribution < 1.29 is 22.7 Å². The number of esters is 1. The van der Waals surface area contributed by atoms with Gasteiger partial charge in [-0.25, -0.2) is 13.2 Å². The maximum atomic E-state index is 12.7. The van der Waals surface area contributed by atoms with Crippen LogP contribution in [0.25, 0.3) is 0 Å². The lowest BCUT2D eigenvalue weighted by molar-refractivity contribution is -0.142. The Hall–Kier alpha value is -2.71. The molecule has 154 valence electrons. The Bertz CT molecular complexity index is 970. The Balaban J connectivity index is 1.79. The van der Waals surface area contributed by atoms with Gasteiger partial charge in [-0.1, -0.05) is 36.4 Å². The summed E-state index contributed by atoms with van der Waals surface area (Å²) >= 11 is 0. The van der Waals surface area contributed by atoms with Crippen molar-refractivity contribution in [2.45, 2.75) is 30.2 Å². The van der Waals surface area contributed by atoms with Gasteiger partial charge in [-0.2, -0.15) is 4.31 Å². The van der Waals surface area contributed by atoms with Gasteiger partial charge in [-0.3, -0.25) is 4.79 Å². The van der Waals surface area contributed by atoms with Gasteiger partial charge in [0.25, 0.3) is 5.91 Å². The van der Waals surface area contributed by atoms with Gasteiger partial charge in [-0.05, 0) is 36.6 Å². The molecular weight excluding hydrogens is 392 g/mol. The van der Waals surface area contributed by atoms with Crippen LogP contribution in [0.5, 0.6) is 0 Å². The molecule has 0 aromatic heterocycles. The summed E-state index contributed by atoms with van der Waals surface area (Å²) in [4.78, 5) is 25.0. The van der Waals surface area contributed by atoms with E-state index in [4.69, 9.17) is 4.74 Å². The number of hydrogen-bond acceptors (Lipinski definition) is 5. The highest BCUT2D eigenvalue weighted by atomic mass is 32.2. The van der Waals surface area contributed by atoms with Gasteiger partial charge in [0.15, 0.2) is 0 Å². The lowest BCUT2D eigenvalue weighted by Crippen LogP contribution is -2.43. The van der Waals surface area contributed by atoms with Crippen molar-refractivity contribution in [2.75, 3.05) is 20.2 Å². The number of sulfonamides is 1. The van der Waals surface area contributed by atoms with Crippen LogP contribution in [0.1, 0.15) is 28.8 Å². The Morgan fingerprint density at radius 2 is 1.76 bits per heavy atom. The molecule has 0 radical (unpaired) electrons. The number of carbonyl (C=O) groups excluding carboxylic acids is 2. The normalized spacial score (nSPS) is 15.6. The molecule has 1 saturated heterocycles. The second-order valence-corrected chi connectivity index (χ2v) is 8.82. The molecule has 29 heavy (non-hydrogen) atoms. The van der Waals surface area contributed by atoms with E-state index >= 15 is 0 Å². The van der Waals surface area contributed by atoms with Crippen LogP contribution in [-0.2, 0) is 26.0 Å². The van der Waals surface area contributed by atoms with Crippen LogP contribution in [0.2, 0.25) is 0 Å². The van der Waals surface area contributed by atoms with Crippen molar-refractivity contribution >= 4 is 21.9 Å². The number of benzene rings is 2. The van der Waals surface area contributed by atoms with Gasteiger partial charge in [0, 0.05) is 25.1 Å². The topological polar surface area (TPSA) is 92.8 Å². The molecule has 7 nitrogen and oxygen atoms in total. The number of ether oxygens (including phenoxy) is 1. The van der Waals surface area contributed by atoms with E-state index in [2.05, 4.69) is 5.32 Å². The van der Waals surface area contributed by atoms with Crippen molar-refractivity contribution in [3.63, 3.8) is 0 Å². The van der Waals surface area contributed by atoms with E-state index in [9.17, 15) is 18.0 Å². The van der Waals surface area contributed by atoms with Crippen molar-refractivity contribution in [1.29, 1.82) is 0 Å². The molecule has 2 aromatic rings. The van der Waals surface area contributed by atoms with Gasteiger partial charge in [0.1, 0.15) is 6.04 Å². The number of hydrogen-bond donors (Lipinski definition) is 1. The first kappa shape index (κ1) is 21.0. The van der Waals surface area contributed by atoms with Crippen molar-refractivity contribution in [2.24, 2.45) is 0 Å². The summed E-state index contributed by atoms with van der Waals surface area (Å²) in [6.07, 6.45) is 1.93. The average Bonchev–Trinajstić information content (AvgIpc) is 3.29. The minimum atomic E-state index is -3.63. The van der Waals surface area contributed by atoms with E-state index in [1.807, 2.05) is 30.3 Å². The summed E-state index contributed by atoms with van der Waals surface area (Å²) in [6, 6.07) is 14.3. The molecule has 0 saturated carbocycles. The number of nitrogens with zero attached hydrogens (tertiary/aromatic N) is 1. The molecule has 1 atom stereocenters. The third-order valence-corrected chi connectivity index (χ3v) is 6.77. The minimum Gasteiger partial charge on any atom is -0.467 e. The van der Waals surface area contributed by atoms with Gasteiger partial charge < -0.3 is 10.1 Å².